The van der Waals surface area contributed by atoms with Gasteiger partial charge in [-0.2, -0.15) is 0 Å². The summed E-state index contributed by atoms with van der Waals surface area (Å²) in [6.07, 6.45) is 0.250. The average molecular weight is 395 g/mol. The van der Waals surface area contributed by atoms with Crippen LogP contribution in [0.1, 0.15) is 52.7 Å². The SMILES string of the molecule is CC.CC.CC.Cc1ccc2c(c1)S(=O)(=O)c1ccccc1CN2.NC=O. The number of hydrogen-bond acceptors (Lipinski definition) is 4. The van der Waals surface area contributed by atoms with Crippen molar-refractivity contribution in [1.82, 2.24) is 0 Å². The van der Waals surface area contributed by atoms with Gasteiger partial charge in [0.1, 0.15) is 0 Å². The van der Waals surface area contributed by atoms with Gasteiger partial charge in [-0.05, 0) is 36.2 Å². The molecule has 0 spiro atoms. The van der Waals surface area contributed by atoms with Gasteiger partial charge in [-0.25, -0.2) is 8.42 Å². The topological polar surface area (TPSA) is 89.3 Å². The Morgan fingerprint density at radius 3 is 2.00 bits per heavy atom. The van der Waals surface area contributed by atoms with Crippen LogP contribution in [0.2, 0.25) is 0 Å². The van der Waals surface area contributed by atoms with E-state index in [2.05, 4.69) is 11.1 Å². The minimum absolute atomic E-state index is 0.250. The molecule has 0 aromatic heterocycles. The van der Waals surface area contributed by atoms with Gasteiger partial charge in [0.15, 0.2) is 0 Å². The number of primary amides is 1. The second kappa shape index (κ2) is 14.8. The first-order chi connectivity index (χ1) is 13.0. The summed E-state index contributed by atoms with van der Waals surface area (Å²) in [6, 6.07) is 12.6. The van der Waals surface area contributed by atoms with Crippen LogP contribution in [0, 0.1) is 6.92 Å². The van der Waals surface area contributed by atoms with Crippen LogP contribution in [0.25, 0.3) is 0 Å². The number of amides is 1. The predicted octanol–water partition coefficient (Wildman–Crippen LogP) is 4.93. The standard InChI is InChI=1S/C14H13NO2S.3C2H6.CH3NO/c1-10-6-7-12-14(8-10)18(16,17)13-5-3-2-4-11(13)9-15-12;3*1-2;2-1-3/h2-8,15H,9H2,1H3;3*1-2H3;1H,(H2,2,3). The van der Waals surface area contributed by atoms with Crippen LogP contribution in [-0.4, -0.2) is 14.8 Å². The summed E-state index contributed by atoms with van der Waals surface area (Å²) < 4.78 is 25.3. The number of nitrogens with one attached hydrogen (secondary N) is 1. The van der Waals surface area contributed by atoms with E-state index in [-0.39, 0.29) is 6.41 Å². The number of carbonyl (C=O) groups excluding carboxylic acids is 1. The Labute approximate surface area is 164 Å². The summed E-state index contributed by atoms with van der Waals surface area (Å²) in [5, 5.41) is 3.18. The van der Waals surface area contributed by atoms with Crippen LogP contribution < -0.4 is 11.1 Å². The zero-order chi connectivity index (χ0) is 21.5. The van der Waals surface area contributed by atoms with E-state index in [1.807, 2.05) is 72.7 Å². The molecule has 2 aromatic carbocycles. The number of rotatable bonds is 0. The lowest BCUT2D eigenvalue weighted by Gasteiger charge is -2.08. The molecule has 1 heterocycles. The molecule has 0 radical (unpaired) electrons. The number of nitrogens with two attached hydrogens (primary N) is 1. The molecule has 0 saturated heterocycles. The molecule has 3 rings (SSSR count). The zero-order valence-corrected chi connectivity index (χ0v) is 18.4. The molecule has 1 aliphatic heterocycles. The van der Waals surface area contributed by atoms with Crippen molar-refractivity contribution >= 4 is 21.9 Å². The third-order valence-electron chi connectivity index (χ3n) is 3.16. The van der Waals surface area contributed by atoms with E-state index in [1.165, 1.54) is 0 Å². The van der Waals surface area contributed by atoms with Gasteiger partial charge in [-0.15, -0.1) is 0 Å². The normalized spacial score (nSPS) is 11.8. The third kappa shape index (κ3) is 7.43. The molecule has 1 aliphatic rings. The predicted molar refractivity (Wildman–Crippen MR) is 115 cm³/mol. The fourth-order valence-electron chi connectivity index (χ4n) is 2.22. The Balaban J connectivity index is 0. The van der Waals surface area contributed by atoms with E-state index >= 15 is 0 Å². The van der Waals surface area contributed by atoms with Crippen molar-refractivity contribution in [3.8, 4) is 0 Å². The summed E-state index contributed by atoms with van der Waals surface area (Å²) in [5.74, 6) is 0. The highest BCUT2D eigenvalue weighted by molar-refractivity contribution is 7.91. The molecule has 3 N–H and O–H groups in total. The number of carbonyl (C=O) groups is 1. The van der Waals surface area contributed by atoms with Gasteiger partial charge in [-0.1, -0.05) is 65.8 Å². The molecule has 5 nitrogen and oxygen atoms in total. The van der Waals surface area contributed by atoms with Crippen molar-refractivity contribution in [3.05, 3.63) is 53.6 Å². The first-order valence-corrected chi connectivity index (χ1v) is 10.8. The van der Waals surface area contributed by atoms with E-state index in [4.69, 9.17) is 4.79 Å². The van der Waals surface area contributed by atoms with E-state index < -0.39 is 9.84 Å². The summed E-state index contributed by atoms with van der Waals surface area (Å²) in [5.41, 5.74) is 6.60. The lowest BCUT2D eigenvalue weighted by molar-refractivity contribution is -0.106. The zero-order valence-electron chi connectivity index (χ0n) is 17.5. The minimum Gasteiger partial charge on any atom is -0.380 e. The van der Waals surface area contributed by atoms with Crippen molar-refractivity contribution in [3.63, 3.8) is 0 Å². The monoisotopic (exact) mass is 394 g/mol. The molecule has 152 valence electrons. The summed E-state index contributed by atoms with van der Waals surface area (Å²) >= 11 is 0. The van der Waals surface area contributed by atoms with Crippen molar-refractivity contribution in [2.75, 3.05) is 5.32 Å². The molecule has 2 aromatic rings. The van der Waals surface area contributed by atoms with Gasteiger partial charge < -0.3 is 11.1 Å². The second-order valence-electron chi connectivity index (χ2n) is 4.60. The molecule has 0 atom stereocenters. The first-order valence-electron chi connectivity index (χ1n) is 9.33. The quantitative estimate of drug-likeness (QED) is 0.620. The number of sulfone groups is 1. The maximum atomic E-state index is 12.6. The Morgan fingerprint density at radius 2 is 1.44 bits per heavy atom. The molecular formula is C21H34N2O3S. The Hall–Kier alpha value is -2.34. The highest BCUT2D eigenvalue weighted by atomic mass is 32.2. The molecule has 0 saturated carbocycles. The Kier molecular flexibility index (Phi) is 14.7. The number of anilines is 1. The van der Waals surface area contributed by atoms with Crippen LogP contribution in [-0.2, 0) is 21.2 Å². The van der Waals surface area contributed by atoms with E-state index in [0.717, 1.165) is 11.1 Å². The van der Waals surface area contributed by atoms with Gasteiger partial charge in [0.2, 0.25) is 16.2 Å². The third-order valence-corrected chi connectivity index (χ3v) is 5.05. The molecule has 27 heavy (non-hydrogen) atoms. The van der Waals surface area contributed by atoms with Crippen molar-refractivity contribution in [2.24, 2.45) is 5.73 Å². The van der Waals surface area contributed by atoms with E-state index in [0.29, 0.717) is 22.0 Å². The van der Waals surface area contributed by atoms with E-state index in [9.17, 15) is 8.42 Å². The van der Waals surface area contributed by atoms with Gasteiger partial charge in [0.25, 0.3) is 0 Å². The van der Waals surface area contributed by atoms with Crippen molar-refractivity contribution < 1.29 is 13.2 Å². The number of hydrogen-bond donors (Lipinski definition) is 2. The maximum Gasteiger partial charge on any atom is 0.208 e. The molecular weight excluding hydrogens is 360 g/mol. The lowest BCUT2D eigenvalue weighted by Crippen LogP contribution is -2.03. The van der Waals surface area contributed by atoms with Crippen molar-refractivity contribution in [1.29, 1.82) is 0 Å². The number of aryl methyl sites for hydroxylation is 1. The van der Waals surface area contributed by atoms with Gasteiger partial charge in [0, 0.05) is 6.54 Å². The maximum absolute atomic E-state index is 12.6. The number of benzene rings is 2. The lowest BCUT2D eigenvalue weighted by atomic mass is 10.2. The van der Waals surface area contributed by atoms with Crippen LogP contribution in [0.15, 0.2) is 52.3 Å². The van der Waals surface area contributed by atoms with Crippen LogP contribution in [0.4, 0.5) is 5.69 Å². The van der Waals surface area contributed by atoms with Crippen LogP contribution in [0.3, 0.4) is 0 Å². The molecule has 6 heteroatoms. The smallest absolute Gasteiger partial charge is 0.208 e. The summed E-state index contributed by atoms with van der Waals surface area (Å²) in [6.45, 7) is 14.4. The fourth-order valence-corrected chi connectivity index (χ4v) is 3.97. The minimum atomic E-state index is -3.42. The van der Waals surface area contributed by atoms with E-state index in [1.54, 1.807) is 18.2 Å². The Morgan fingerprint density at radius 1 is 0.926 bits per heavy atom. The second-order valence-corrected chi connectivity index (χ2v) is 6.49. The molecule has 1 amide bonds. The largest absolute Gasteiger partial charge is 0.380 e. The highest BCUT2D eigenvalue weighted by Crippen LogP contribution is 2.33. The van der Waals surface area contributed by atoms with Gasteiger partial charge in [0.05, 0.1) is 15.5 Å². The first kappa shape index (κ1) is 26.9. The van der Waals surface area contributed by atoms with Crippen LogP contribution in [0.5, 0.6) is 0 Å². The summed E-state index contributed by atoms with van der Waals surface area (Å²) in [4.78, 5) is 9.36. The molecule has 0 bridgehead atoms. The molecule has 0 unspecified atom stereocenters. The average Bonchev–Trinajstić information content (AvgIpc) is 2.82. The molecule has 0 fully saturated rings. The Bertz CT molecular complexity index is 773. The molecule has 0 aliphatic carbocycles. The van der Waals surface area contributed by atoms with Crippen molar-refractivity contribution in [2.45, 2.75) is 64.8 Å². The van der Waals surface area contributed by atoms with Gasteiger partial charge >= 0.3 is 0 Å². The highest BCUT2D eigenvalue weighted by Gasteiger charge is 2.26. The van der Waals surface area contributed by atoms with Gasteiger partial charge in [-0.3, -0.25) is 4.79 Å². The number of fused-ring (bicyclic) bond motifs is 2. The van der Waals surface area contributed by atoms with Crippen LogP contribution >= 0.6 is 0 Å². The fraction of sp³-hybridized carbons (Fsp3) is 0.381. The summed E-state index contributed by atoms with van der Waals surface area (Å²) in [7, 11) is -3.42.